The van der Waals surface area contributed by atoms with Crippen LogP contribution in [0.4, 0.5) is 4.79 Å². The number of fused-ring (bicyclic) bond motifs is 3. The lowest BCUT2D eigenvalue weighted by Crippen LogP contribution is -2.26. The van der Waals surface area contributed by atoms with Crippen LogP contribution in [0.2, 0.25) is 5.02 Å². The van der Waals surface area contributed by atoms with Crippen molar-refractivity contribution in [1.29, 1.82) is 0 Å². The van der Waals surface area contributed by atoms with E-state index >= 15 is 0 Å². The summed E-state index contributed by atoms with van der Waals surface area (Å²) in [6, 6.07) is 22.3. The maximum Gasteiger partial charge on any atom is 0.407 e. The minimum Gasteiger partial charge on any atom is -0.449 e. The molecule has 0 radical (unpaired) electrons. The minimum absolute atomic E-state index is 0.0734. The molecule has 0 bridgehead atoms. The molecule has 3 aromatic rings. The second-order valence-electron chi connectivity index (χ2n) is 7.15. The molecular formula is C25H21BrClNO2. The molecule has 0 unspecified atom stereocenters. The molecule has 152 valence electrons. The van der Waals surface area contributed by atoms with Crippen molar-refractivity contribution in [3.8, 4) is 11.1 Å². The Balaban J connectivity index is 1.28. The largest absolute Gasteiger partial charge is 0.449 e. The molecule has 30 heavy (non-hydrogen) atoms. The van der Waals surface area contributed by atoms with Crippen LogP contribution in [0.1, 0.15) is 29.0 Å². The van der Waals surface area contributed by atoms with E-state index < -0.39 is 6.09 Å². The monoisotopic (exact) mass is 481 g/mol. The molecular weight excluding hydrogens is 462 g/mol. The van der Waals surface area contributed by atoms with E-state index in [9.17, 15) is 4.79 Å². The van der Waals surface area contributed by atoms with Gasteiger partial charge in [0.15, 0.2) is 0 Å². The van der Waals surface area contributed by atoms with Gasteiger partial charge in [0.2, 0.25) is 0 Å². The summed E-state index contributed by atoms with van der Waals surface area (Å²) >= 11 is 9.47. The summed E-state index contributed by atoms with van der Waals surface area (Å²) in [7, 11) is 0. The summed E-state index contributed by atoms with van der Waals surface area (Å²) < 4.78 is 6.47. The van der Waals surface area contributed by atoms with Crippen molar-refractivity contribution in [3.05, 3.63) is 99.0 Å². The Kier molecular flexibility index (Phi) is 6.56. The number of hydrogen-bond acceptors (Lipinski definition) is 2. The normalized spacial score (nSPS) is 12.6. The summed E-state index contributed by atoms with van der Waals surface area (Å²) in [4.78, 5) is 12.2. The smallest absolute Gasteiger partial charge is 0.407 e. The van der Waals surface area contributed by atoms with Crippen LogP contribution < -0.4 is 5.32 Å². The van der Waals surface area contributed by atoms with Crippen molar-refractivity contribution in [1.82, 2.24) is 5.32 Å². The fraction of sp³-hybridized carbons (Fsp3) is 0.160. The number of benzene rings is 3. The van der Waals surface area contributed by atoms with E-state index in [1.165, 1.54) is 22.3 Å². The van der Waals surface area contributed by atoms with Crippen LogP contribution in [0.25, 0.3) is 17.2 Å². The quantitative estimate of drug-likeness (QED) is 0.382. The van der Waals surface area contributed by atoms with Crippen molar-refractivity contribution in [2.24, 2.45) is 0 Å². The van der Waals surface area contributed by atoms with Crippen molar-refractivity contribution in [3.63, 3.8) is 0 Å². The predicted octanol–water partition coefficient (Wildman–Crippen LogP) is 7.04. The number of carbonyl (C=O) groups excluding carboxylic acids is 1. The van der Waals surface area contributed by atoms with E-state index in [4.69, 9.17) is 16.3 Å². The SMILES string of the molecule is O=C(NCCC=Cc1cc(Cl)cc(Br)c1)OCC1c2ccccc2-c2ccccc21. The predicted molar refractivity (Wildman–Crippen MR) is 126 cm³/mol. The zero-order chi connectivity index (χ0) is 20.9. The van der Waals surface area contributed by atoms with Crippen molar-refractivity contribution in [2.45, 2.75) is 12.3 Å². The Bertz CT molecular complexity index is 1030. The lowest BCUT2D eigenvalue weighted by molar-refractivity contribution is 0.143. The Labute approximate surface area is 189 Å². The fourth-order valence-corrected chi connectivity index (χ4v) is 4.68. The third-order valence-corrected chi connectivity index (χ3v) is 5.80. The Morgan fingerprint density at radius 1 is 1.03 bits per heavy atom. The zero-order valence-electron chi connectivity index (χ0n) is 16.3. The van der Waals surface area contributed by atoms with Gasteiger partial charge in [-0.15, -0.1) is 0 Å². The number of nitrogens with one attached hydrogen (secondary N) is 1. The first-order valence-electron chi connectivity index (χ1n) is 9.83. The number of hydrogen-bond donors (Lipinski definition) is 1. The van der Waals surface area contributed by atoms with Crippen LogP contribution in [0.3, 0.4) is 0 Å². The van der Waals surface area contributed by atoms with Crippen LogP contribution in [0, 0.1) is 0 Å². The summed E-state index contributed by atoms with van der Waals surface area (Å²) in [6.07, 6.45) is 4.29. The average Bonchev–Trinajstić information content (AvgIpc) is 3.05. The first-order chi connectivity index (χ1) is 14.6. The average molecular weight is 483 g/mol. The van der Waals surface area contributed by atoms with Gasteiger partial charge < -0.3 is 10.1 Å². The van der Waals surface area contributed by atoms with E-state index in [0.29, 0.717) is 24.6 Å². The second kappa shape index (κ2) is 9.50. The first kappa shape index (κ1) is 20.7. The highest BCUT2D eigenvalue weighted by Gasteiger charge is 2.28. The Morgan fingerprint density at radius 3 is 2.37 bits per heavy atom. The van der Waals surface area contributed by atoms with Crippen molar-refractivity contribution >= 4 is 39.7 Å². The Morgan fingerprint density at radius 2 is 1.70 bits per heavy atom. The van der Waals surface area contributed by atoms with Gasteiger partial charge in [-0.2, -0.15) is 0 Å². The number of alkyl carbamates (subject to hydrolysis) is 1. The summed E-state index contributed by atoms with van der Waals surface area (Å²) in [5, 5.41) is 3.50. The first-order valence-corrected chi connectivity index (χ1v) is 11.0. The van der Waals surface area contributed by atoms with E-state index in [1.807, 2.05) is 54.6 Å². The second-order valence-corrected chi connectivity index (χ2v) is 8.50. The number of amides is 1. The number of ether oxygens (including phenoxy) is 1. The fourth-order valence-electron chi connectivity index (χ4n) is 3.80. The molecule has 0 atom stereocenters. The molecule has 3 aromatic carbocycles. The van der Waals surface area contributed by atoms with E-state index in [0.717, 1.165) is 10.0 Å². The maximum atomic E-state index is 12.2. The van der Waals surface area contributed by atoms with Crippen LogP contribution in [-0.2, 0) is 4.74 Å². The molecule has 0 saturated heterocycles. The van der Waals surface area contributed by atoms with E-state index in [-0.39, 0.29) is 5.92 Å². The standard InChI is InChI=1S/C25H21BrClNO2/c26-18-13-17(14-19(27)15-18)7-5-6-12-28-25(29)30-16-24-22-10-3-1-8-20(22)21-9-2-4-11-23(21)24/h1-5,7-11,13-15,24H,6,12,16H2,(H,28,29). The molecule has 1 amide bonds. The summed E-state index contributed by atoms with van der Waals surface area (Å²) in [6.45, 7) is 0.834. The molecule has 0 spiro atoms. The molecule has 4 rings (SSSR count). The van der Waals surface area contributed by atoms with Crippen LogP contribution in [0.5, 0.6) is 0 Å². The molecule has 1 N–H and O–H groups in total. The molecule has 0 fully saturated rings. The van der Waals surface area contributed by atoms with Gasteiger partial charge in [0.1, 0.15) is 6.61 Å². The Hall–Kier alpha value is -2.56. The lowest BCUT2D eigenvalue weighted by atomic mass is 9.98. The number of rotatable bonds is 6. The molecule has 1 aliphatic rings. The highest BCUT2D eigenvalue weighted by molar-refractivity contribution is 9.10. The molecule has 3 nitrogen and oxygen atoms in total. The van der Waals surface area contributed by atoms with Crippen LogP contribution in [-0.4, -0.2) is 19.2 Å². The van der Waals surface area contributed by atoms with Gasteiger partial charge in [-0.1, -0.05) is 88.2 Å². The molecule has 5 heteroatoms. The van der Waals surface area contributed by atoms with Gasteiger partial charge in [0.05, 0.1) is 0 Å². The van der Waals surface area contributed by atoms with Crippen molar-refractivity contribution in [2.75, 3.05) is 13.2 Å². The molecule has 0 heterocycles. The van der Waals surface area contributed by atoms with Gasteiger partial charge in [0.25, 0.3) is 0 Å². The summed E-state index contributed by atoms with van der Waals surface area (Å²) in [5.41, 5.74) is 5.87. The van der Waals surface area contributed by atoms with Crippen LogP contribution >= 0.6 is 27.5 Å². The third kappa shape index (κ3) is 4.77. The number of carbonyl (C=O) groups is 1. The number of halogens is 2. The van der Waals surface area contributed by atoms with E-state index in [2.05, 4.69) is 45.5 Å². The lowest BCUT2D eigenvalue weighted by Gasteiger charge is -2.14. The van der Waals surface area contributed by atoms with E-state index in [1.54, 1.807) is 0 Å². The highest BCUT2D eigenvalue weighted by atomic mass is 79.9. The van der Waals surface area contributed by atoms with Crippen LogP contribution in [0.15, 0.2) is 77.3 Å². The van der Waals surface area contributed by atoms with Gasteiger partial charge in [-0.3, -0.25) is 0 Å². The van der Waals surface area contributed by atoms with Gasteiger partial charge in [0, 0.05) is 22.0 Å². The topological polar surface area (TPSA) is 38.3 Å². The molecule has 0 aliphatic heterocycles. The minimum atomic E-state index is -0.393. The highest BCUT2D eigenvalue weighted by Crippen LogP contribution is 2.44. The van der Waals surface area contributed by atoms with Gasteiger partial charge >= 0.3 is 6.09 Å². The molecule has 1 aliphatic carbocycles. The summed E-state index contributed by atoms with van der Waals surface area (Å²) in [5.74, 6) is 0.0734. The van der Waals surface area contributed by atoms with Gasteiger partial charge in [-0.05, 0) is 52.4 Å². The van der Waals surface area contributed by atoms with Gasteiger partial charge in [-0.25, -0.2) is 4.79 Å². The third-order valence-electron chi connectivity index (χ3n) is 5.12. The molecule has 0 aromatic heterocycles. The molecule has 0 saturated carbocycles. The zero-order valence-corrected chi connectivity index (χ0v) is 18.6. The van der Waals surface area contributed by atoms with Crippen molar-refractivity contribution < 1.29 is 9.53 Å². The maximum absolute atomic E-state index is 12.2.